The second-order valence-corrected chi connectivity index (χ2v) is 5.36. The zero-order chi connectivity index (χ0) is 13.2. The quantitative estimate of drug-likeness (QED) is 0.760. The molecule has 2 aliphatic heterocycles. The van der Waals surface area contributed by atoms with Crippen molar-refractivity contribution in [3.05, 3.63) is 17.7 Å². The largest absolute Gasteiger partial charge is 0.469 e. The van der Waals surface area contributed by atoms with E-state index in [9.17, 15) is 4.79 Å². The van der Waals surface area contributed by atoms with Crippen molar-refractivity contribution in [2.45, 2.75) is 38.1 Å². The molecule has 104 valence electrons. The molecule has 5 heteroatoms. The lowest BCUT2D eigenvalue weighted by Gasteiger charge is -2.27. The summed E-state index contributed by atoms with van der Waals surface area (Å²) in [4.78, 5) is 16.3. The second kappa shape index (κ2) is 5.33. The fraction of sp³-hybridized carbons (Fsp3) is 0.714. The summed E-state index contributed by atoms with van der Waals surface area (Å²) in [5.74, 6) is 1.48. The van der Waals surface area contributed by atoms with Crippen molar-refractivity contribution in [1.82, 2.24) is 9.55 Å². The molecular formula is C14H20N2O3. The molecule has 1 fully saturated rings. The number of imidazole rings is 1. The molecule has 3 rings (SSSR count). The number of aromatic nitrogens is 2. The Labute approximate surface area is 112 Å². The number of fused-ring (bicyclic) bond motifs is 1. The standard InChI is InChI=1S/C14H20N2O3/c1-18-14(17)11-2-3-12-8-15-13(16(12)9-11)10-4-6-19-7-5-10/h8,10-11H,2-7,9H2,1H3. The molecule has 2 aliphatic rings. The fourth-order valence-electron chi connectivity index (χ4n) is 3.11. The first-order valence-corrected chi connectivity index (χ1v) is 6.99. The Bertz CT molecular complexity index is 463. The van der Waals surface area contributed by atoms with Gasteiger partial charge in [-0.05, 0) is 25.7 Å². The molecule has 0 saturated carbocycles. The van der Waals surface area contributed by atoms with Gasteiger partial charge in [0.15, 0.2) is 0 Å². The van der Waals surface area contributed by atoms with E-state index in [1.165, 1.54) is 12.8 Å². The van der Waals surface area contributed by atoms with Gasteiger partial charge in [-0.1, -0.05) is 0 Å². The van der Waals surface area contributed by atoms with Gasteiger partial charge in [0, 0.05) is 37.6 Å². The maximum Gasteiger partial charge on any atom is 0.310 e. The number of methoxy groups -OCH3 is 1. The Morgan fingerprint density at radius 1 is 1.42 bits per heavy atom. The Morgan fingerprint density at radius 2 is 2.21 bits per heavy atom. The Hall–Kier alpha value is -1.36. The summed E-state index contributed by atoms with van der Waals surface area (Å²) >= 11 is 0. The van der Waals surface area contributed by atoms with Crippen LogP contribution in [0.25, 0.3) is 0 Å². The van der Waals surface area contributed by atoms with Crippen LogP contribution in [0, 0.1) is 5.92 Å². The molecule has 1 saturated heterocycles. The lowest BCUT2D eigenvalue weighted by atomic mass is 9.96. The van der Waals surface area contributed by atoms with Crippen LogP contribution in [-0.2, 0) is 27.2 Å². The minimum absolute atomic E-state index is 0.0229. The Balaban J connectivity index is 1.81. The highest BCUT2D eigenvalue weighted by molar-refractivity contribution is 5.72. The van der Waals surface area contributed by atoms with Crippen molar-refractivity contribution in [3.8, 4) is 0 Å². The summed E-state index contributed by atoms with van der Waals surface area (Å²) in [6.07, 6.45) is 5.80. The van der Waals surface area contributed by atoms with Gasteiger partial charge in [0.25, 0.3) is 0 Å². The molecule has 0 bridgehead atoms. The van der Waals surface area contributed by atoms with E-state index in [1.807, 2.05) is 6.20 Å². The van der Waals surface area contributed by atoms with Crippen molar-refractivity contribution < 1.29 is 14.3 Å². The molecule has 0 radical (unpaired) electrons. The van der Waals surface area contributed by atoms with Gasteiger partial charge in [0.2, 0.25) is 0 Å². The first-order chi connectivity index (χ1) is 9.29. The molecule has 1 atom stereocenters. The lowest BCUT2D eigenvalue weighted by Crippen LogP contribution is -2.29. The number of esters is 1. The smallest absolute Gasteiger partial charge is 0.310 e. The number of aryl methyl sites for hydroxylation is 1. The van der Waals surface area contributed by atoms with Gasteiger partial charge in [-0.25, -0.2) is 4.98 Å². The van der Waals surface area contributed by atoms with Gasteiger partial charge in [0.1, 0.15) is 5.82 Å². The summed E-state index contributed by atoms with van der Waals surface area (Å²) in [5.41, 5.74) is 1.25. The van der Waals surface area contributed by atoms with Gasteiger partial charge in [-0.2, -0.15) is 0 Å². The number of hydrogen-bond acceptors (Lipinski definition) is 4. The number of carbonyl (C=O) groups excluding carboxylic acids is 1. The second-order valence-electron chi connectivity index (χ2n) is 5.36. The molecule has 0 amide bonds. The Kier molecular flexibility index (Phi) is 3.55. The van der Waals surface area contributed by atoms with E-state index in [4.69, 9.17) is 9.47 Å². The van der Waals surface area contributed by atoms with E-state index in [0.717, 1.165) is 44.7 Å². The monoisotopic (exact) mass is 264 g/mol. The molecule has 0 N–H and O–H groups in total. The lowest BCUT2D eigenvalue weighted by molar-refractivity contribution is -0.146. The maximum atomic E-state index is 11.7. The zero-order valence-corrected chi connectivity index (χ0v) is 11.3. The summed E-state index contributed by atoms with van der Waals surface area (Å²) in [7, 11) is 1.46. The molecule has 1 aromatic rings. The molecular weight excluding hydrogens is 244 g/mol. The van der Waals surface area contributed by atoms with Crippen molar-refractivity contribution in [2.75, 3.05) is 20.3 Å². The van der Waals surface area contributed by atoms with Crippen LogP contribution < -0.4 is 0 Å². The van der Waals surface area contributed by atoms with Gasteiger partial charge < -0.3 is 14.0 Å². The molecule has 0 aliphatic carbocycles. The summed E-state index contributed by atoms with van der Waals surface area (Å²) in [5, 5.41) is 0. The third-order valence-corrected chi connectivity index (χ3v) is 4.24. The van der Waals surface area contributed by atoms with Crippen molar-refractivity contribution in [3.63, 3.8) is 0 Å². The van der Waals surface area contributed by atoms with Gasteiger partial charge >= 0.3 is 5.97 Å². The summed E-state index contributed by atoms with van der Waals surface area (Å²) in [6.45, 7) is 2.34. The van der Waals surface area contributed by atoms with Crippen LogP contribution in [0.15, 0.2) is 6.20 Å². The molecule has 5 nitrogen and oxygen atoms in total. The van der Waals surface area contributed by atoms with E-state index >= 15 is 0 Å². The predicted molar refractivity (Wildman–Crippen MR) is 68.8 cm³/mol. The van der Waals surface area contributed by atoms with Crippen LogP contribution in [0.4, 0.5) is 0 Å². The van der Waals surface area contributed by atoms with Crippen LogP contribution in [0.5, 0.6) is 0 Å². The van der Waals surface area contributed by atoms with E-state index in [2.05, 4.69) is 9.55 Å². The van der Waals surface area contributed by atoms with Crippen LogP contribution in [0.1, 0.15) is 36.7 Å². The average Bonchev–Trinajstić information content (AvgIpc) is 2.90. The SMILES string of the molecule is COC(=O)C1CCc2cnc(C3CCOCC3)n2C1. The maximum absolute atomic E-state index is 11.7. The third-order valence-electron chi connectivity index (χ3n) is 4.24. The van der Waals surface area contributed by atoms with Crippen LogP contribution >= 0.6 is 0 Å². The predicted octanol–water partition coefficient (Wildman–Crippen LogP) is 1.51. The normalized spacial score (nSPS) is 23.9. The number of rotatable bonds is 2. The van der Waals surface area contributed by atoms with Gasteiger partial charge in [-0.15, -0.1) is 0 Å². The zero-order valence-electron chi connectivity index (χ0n) is 11.3. The van der Waals surface area contributed by atoms with Crippen molar-refractivity contribution >= 4 is 5.97 Å². The summed E-state index contributed by atoms with van der Waals surface area (Å²) < 4.78 is 12.5. The van der Waals surface area contributed by atoms with Gasteiger partial charge in [-0.3, -0.25) is 4.79 Å². The van der Waals surface area contributed by atoms with Crippen molar-refractivity contribution in [1.29, 1.82) is 0 Å². The van der Waals surface area contributed by atoms with E-state index in [0.29, 0.717) is 12.5 Å². The average molecular weight is 264 g/mol. The van der Waals surface area contributed by atoms with E-state index in [-0.39, 0.29) is 11.9 Å². The Morgan fingerprint density at radius 3 is 2.95 bits per heavy atom. The molecule has 0 spiro atoms. The van der Waals surface area contributed by atoms with Crippen molar-refractivity contribution in [2.24, 2.45) is 5.92 Å². The third kappa shape index (κ3) is 2.39. The highest BCUT2D eigenvalue weighted by Gasteiger charge is 2.30. The fourth-order valence-corrected chi connectivity index (χ4v) is 3.11. The topological polar surface area (TPSA) is 53.4 Å². The molecule has 1 unspecified atom stereocenters. The van der Waals surface area contributed by atoms with Crippen LogP contribution in [0.2, 0.25) is 0 Å². The number of ether oxygens (including phenoxy) is 2. The van der Waals surface area contributed by atoms with Gasteiger partial charge in [0.05, 0.1) is 13.0 Å². The van der Waals surface area contributed by atoms with E-state index < -0.39 is 0 Å². The van der Waals surface area contributed by atoms with Crippen LogP contribution in [-0.4, -0.2) is 35.8 Å². The first-order valence-electron chi connectivity index (χ1n) is 6.99. The first kappa shape index (κ1) is 12.7. The molecule has 3 heterocycles. The molecule has 19 heavy (non-hydrogen) atoms. The molecule has 1 aromatic heterocycles. The minimum atomic E-state index is -0.0997. The number of hydrogen-bond donors (Lipinski definition) is 0. The number of carbonyl (C=O) groups is 1. The van der Waals surface area contributed by atoms with Crippen LogP contribution in [0.3, 0.4) is 0 Å². The summed E-state index contributed by atoms with van der Waals surface area (Å²) in [6, 6.07) is 0. The minimum Gasteiger partial charge on any atom is -0.469 e. The number of nitrogens with zero attached hydrogens (tertiary/aromatic N) is 2. The van der Waals surface area contributed by atoms with E-state index in [1.54, 1.807) is 0 Å². The molecule has 0 aromatic carbocycles. The highest BCUT2D eigenvalue weighted by atomic mass is 16.5. The highest BCUT2D eigenvalue weighted by Crippen LogP contribution is 2.30.